The minimum atomic E-state index is 0.0358. The maximum Gasteiger partial charge on any atom is 0.187 e. The van der Waals surface area contributed by atoms with Gasteiger partial charge in [-0.05, 0) is 31.2 Å². The van der Waals surface area contributed by atoms with Crippen LogP contribution in [0.2, 0.25) is 0 Å². The maximum atomic E-state index is 11.8. The Bertz CT molecular complexity index is 379. The number of hydrogen-bond donors (Lipinski definition) is 0. The molecule has 0 fully saturated rings. The fourth-order valence-electron chi connectivity index (χ4n) is 1.02. The second kappa shape index (κ2) is 5.12. The van der Waals surface area contributed by atoms with Crippen LogP contribution in [0.15, 0.2) is 40.5 Å². The molecule has 0 aliphatic heterocycles. The van der Waals surface area contributed by atoms with Gasteiger partial charge in [0.1, 0.15) is 0 Å². The topological polar surface area (TPSA) is 20.3 Å². The minimum absolute atomic E-state index is 0.0358. The van der Waals surface area contributed by atoms with Crippen LogP contribution in [0.5, 0.6) is 0 Å². The highest BCUT2D eigenvalue weighted by Crippen LogP contribution is 2.12. The largest absolute Gasteiger partial charge is 0.381 e. The summed E-state index contributed by atoms with van der Waals surface area (Å²) in [7, 11) is 3.83. The summed E-state index contributed by atoms with van der Waals surface area (Å²) in [6.45, 7) is 1.91. The number of carbonyl (C=O) groups is 1. The van der Waals surface area contributed by atoms with E-state index in [9.17, 15) is 4.79 Å². The van der Waals surface area contributed by atoms with Crippen molar-refractivity contribution >= 4 is 21.7 Å². The fourth-order valence-corrected chi connectivity index (χ4v) is 1.28. The second-order valence-corrected chi connectivity index (χ2v) is 4.47. The van der Waals surface area contributed by atoms with Crippen LogP contribution < -0.4 is 0 Å². The van der Waals surface area contributed by atoms with Gasteiger partial charge in [0.05, 0.1) is 0 Å². The van der Waals surface area contributed by atoms with Crippen molar-refractivity contribution in [1.29, 1.82) is 0 Å². The van der Waals surface area contributed by atoms with Gasteiger partial charge >= 0.3 is 0 Å². The van der Waals surface area contributed by atoms with Crippen molar-refractivity contribution in [3.63, 3.8) is 0 Å². The van der Waals surface area contributed by atoms with Crippen molar-refractivity contribution in [3.8, 4) is 0 Å². The Morgan fingerprint density at radius 1 is 1.27 bits per heavy atom. The van der Waals surface area contributed by atoms with Crippen molar-refractivity contribution in [2.75, 3.05) is 14.1 Å². The molecule has 2 nitrogen and oxygen atoms in total. The summed E-state index contributed by atoms with van der Waals surface area (Å²) in [5, 5.41) is 0. The molecule has 1 rings (SSSR count). The molecule has 0 bridgehead atoms. The molecule has 0 spiro atoms. The Kier molecular flexibility index (Phi) is 4.09. The van der Waals surface area contributed by atoms with E-state index in [0.717, 1.165) is 10.2 Å². The molecule has 0 aliphatic carbocycles. The lowest BCUT2D eigenvalue weighted by atomic mass is 10.1. The monoisotopic (exact) mass is 267 g/mol. The van der Waals surface area contributed by atoms with E-state index in [1.807, 2.05) is 50.2 Å². The van der Waals surface area contributed by atoms with E-state index in [-0.39, 0.29) is 5.78 Å². The van der Waals surface area contributed by atoms with Crippen molar-refractivity contribution in [1.82, 2.24) is 4.90 Å². The Morgan fingerprint density at radius 2 is 1.80 bits per heavy atom. The zero-order chi connectivity index (χ0) is 11.4. The van der Waals surface area contributed by atoms with Gasteiger partial charge in [0.2, 0.25) is 0 Å². The van der Waals surface area contributed by atoms with Gasteiger partial charge in [-0.2, -0.15) is 0 Å². The number of allylic oxidation sites excluding steroid dienone is 2. The Morgan fingerprint density at radius 3 is 2.27 bits per heavy atom. The Labute approximate surface area is 98.7 Å². The van der Waals surface area contributed by atoms with Gasteiger partial charge in [-0.1, -0.05) is 15.9 Å². The van der Waals surface area contributed by atoms with Gasteiger partial charge in [0.25, 0.3) is 0 Å². The van der Waals surface area contributed by atoms with Crippen LogP contribution in [0.3, 0.4) is 0 Å². The molecular weight excluding hydrogens is 254 g/mol. The molecule has 15 heavy (non-hydrogen) atoms. The van der Waals surface area contributed by atoms with Crippen LogP contribution in [0.4, 0.5) is 0 Å². The molecule has 80 valence electrons. The SMILES string of the molecule is C/C(=C/C(=O)c1ccc(Br)cc1)N(C)C. The van der Waals surface area contributed by atoms with Crippen LogP contribution >= 0.6 is 15.9 Å². The van der Waals surface area contributed by atoms with E-state index in [1.165, 1.54) is 0 Å². The molecule has 0 unspecified atom stereocenters. The Balaban J connectivity index is 2.86. The first-order valence-electron chi connectivity index (χ1n) is 4.66. The first kappa shape index (κ1) is 12.0. The molecule has 0 aromatic heterocycles. The van der Waals surface area contributed by atoms with Crippen molar-refractivity contribution < 1.29 is 4.79 Å². The van der Waals surface area contributed by atoms with Crippen LogP contribution in [-0.2, 0) is 0 Å². The van der Waals surface area contributed by atoms with Crippen LogP contribution in [0.25, 0.3) is 0 Å². The smallest absolute Gasteiger partial charge is 0.187 e. The summed E-state index contributed by atoms with van der Waals surface area (Å²) >= 11 is 3.33. The van der Waals surface area contributed by atoms with Gasteiger partial charge in [-0.15, -0.1) is 0 Å². The highest BCUT2D eigenvalue weighted by atomic mass is 79.9. The number of halogens is 1. The van der Waals surface area contributed by atoms with Gasteiger partial charge in [0, 0.05) is 35.9 Å². The molecule has 0 N–H and O–H groups in total. The van der Waals surface area contributed by atoms with Crippen molar-refractivity contribution in [2.24, 2.45) is 0 Å². The molecule has 0 aliphatic rings. The first-order chi connectivity index (χ1) is 7.00. The van der Waals surface area contributed by atoms with E-state index in [1.54, 1.807) is 6.08 Å². The third-order valence-electron chi connectivity index (χ3n) is 2.17. The number of carbonyl (C=O) groups excluding carboxylic acids is 1. The summed E-state index contributed by atoms with van der Waals surface area (Å²) < 4.78 is 0.979. The average Bonchev–Trinajstić information content (AvgIpc) is 2.18. The summed E-state index contributed by atoms with van der Waals surface area (Å²) in [4.78, 5) is 13.7. The van der Waals surface area contributed by atoms with E-state index in [2.05, 4.69) is 15.9 Å². The molecule has 1 aromatic carbocycles. The lowest BCUT2D eigenvalue weighted by Crippen LogP contribution is -2.10. The average molecular weight is 268 g/mol. The predicted molar refractivity (Wildman–Crippen MR) is 65.9 cm³/mol. The van der Waals surface area contributed by atoms with Crippen molar-refractivity contribution in [2.45, 2.75) is 6.92 Å². The summed E-state index contributed by atoms with van der Waals surface area (Å²) in [6, 6.07) is 7.36. The minimum Gasteiger partial charge on any atom is -0.381 e. The summed E-state index contributed by atoms with van der Waals surface area (Å²) in [5.41, 5.74) is 1.65. The summed E-state index contributed by atoms with van der Waals surface area (Å²) in [5.74, 6) is 0.0358. The molecule has 0 saturated carbocycles. The summed E-state index contributed by atoms with van der Waals surface area (Å²) in [6.07, 6.45) is 1.64. The van der Waals surface area contributed by atoms with Crippen LogP contribution in [0, 0.1) is 0 Å². The predicted octanol–water partition coefficient (Wildman–Crippen LogP) is 3.10. The van der Waals surface area contributed by atoms with E-state index >= 15 is 0 Å². The maximum absolute atomic E-state index is 11.8. The molecule has 1 aromatic rings. The number of hydrogen-bond acceptors (Lipinski definition) is 2. The number of nitrogens with zero attached hydrogens (tertiary/aromatic N) is 1. The van der Waals surface area contributed by atoms with Gasteiger partial charge in [-0.3, -0.25) is 4.79 Å². The van der Waals surface area contributed by atoms with E-state index in [0.29, 0.717) is 5.56 Å². The van der Waals surface area contributed by atoms with E-state index < -0.39 is 0 Å². The van der Waals surface area contributed by atoms with Gasteiger partial charge < -0.3 is 4.90 Å². The van der Waals surface area contributed by atoms with Gasteiger partial charge in [-0.25, -0.2) is 0 Å². The number of rotatable bonds is 3. The first-order valence-corrected chi connectivity index (χ1v) is 5.45. The third kappa shape index (κ3) is 3.51. The number of ketones is 1. The normalized spacial score (nSPS) is 11.3. The second-order valence-electron chi connectivity index (χ2n) is 3.55. The zero-order valence-corrected chi connectivity index (χ0v) is 10.7. The van der Waals surface area contributed by atoms with E-state index in [4.69, 9.17) is 0 Å². The van der Waals surface area contributed by atoms with Gasteiger partial charge in [0.15, 0.2) is 5.78 Å². The molecule has 0 radical (unpaired) electrons. The van der Waals surface area contributed by atoms with Crippen molar-refractivity contribution in [3.05, 3.63) is 46.1 Å². The Hall–Kier alpha value is -1.09. The molecule has 0 saturated heterocycles. The van der Waals surface area contributed by atoms with Crippen LogP contribution in [-0.4, -0.2) is 24.8 Å². The molecule has 0 amide bonds. The fraction of sp³-hybridized carbons (Fsp3) is 0.250. The molecule has 0 atom stereocenters. The molecule has 3 heteroatoms. The number of benzene rings is 1. The lowest BCUT2D eigenvalue weighted by Gasteiger charge is -2.11. The zero-order valence-electron chi connectivity index (χ0n) is 9.12. The highest BCUT2D eigenvalue weighted by Gasteiger charge is 2.03. The highest BCUT2D eigenvalue weighted by molar-refractivity contribution is 9.10. The molecule has 0 heterocycles. The van der Waals surface area contributed by atoms with Crippen LogP contribution in [0.1, 0.15) is 17.3 Å². The molecular formula is C12H14BrNO. The quantitative estimate of drug-likeness (QED) is 0.620. The third-order valence-corrected chi connectivity index (χ3v) is 2.70. The standard InChI is InChI=1S/C12H14BrNO/c1-9(14(2)3)8-12(15)10-4-6-11(13)7-5-10/h4-8H,1-3H3/b9-8-. The lowest BCUT2D eigenvalue weighted by molar-refractivity contribution is 0.104.